The highest BCUT2D eigenvalue weighted by molar-refractivity contribution is 6.02. The third-order valence-corrected chi connectivity index (χ3v) is 3.87. The molecule has 0 radical (unpaired) electrons. The lowest BCUT2D eigenvalue weighted by Crippen LogP contribution is -2.20. The zero-order valence-electron chi connectivity index (χ0n) is 14.2. The maximum Gasteiger partial charge on any atom is 0.339 e. The first-order valence-corrected chi connectivity index (χ1v) is 8.19. The number of hydrogen-bond donors (Lipinski definition) is 0. The van der Waals surface area contributed by atoms with Crippen molar-refractivity contribution in [2.75, 3.05) is 0 Å². The Balaban J connectivity index is 1.92. The zero-order valence-corrected chi connectivity index (χ0v) is 14.2. The molecule has 27 heavy (non-hydrogen) atoms. The van der Waals surface area contributed by atoms with Gasteiger partial charge in [0.25, 0.3) is 0 Å². The van der Waals surface area contributed by atoms with Crippen molar-refractivity contribution in [2.24, 2.45) is 5.11 Å². The van der Waals surface area contributed by atoms with Crippen LogP contribution >= 0.6 is 0 Å². The highest BCUT2D eigenvalue weighted by atomic mass is 16.5. The van der Waals surface area contributed by atoms with Crippen LogP contribution in [0.3, 0.4) is 0 Å². The number of rotatable bonds is 6. The SMILES string of the molecule is [N-]=[N+]=Nc1cccc(C(=O)OC(C(=O)c2ccccc2)c2ccccc2)c1. The number of ketones is 1. The Kier molecular flexibility index (Phi) is 5.62. The number of benzene rings is 3. The first-order chi connectivity index (χ1) is 13.2. The lowest BCUT2D eigenvalue weighted by atomic mass is 10.00. The van der Waals surface area contributed by atoms with Crippen LogP contribution in [0, 0.1) is 0 Å². The van der Waals surface area contributed by atoms with E-state index in [0.717, 1.165) is 0 Å². The minimum absolute atomic E-state index is 0.196. The van der Waals surface area contributed by atoms with Gasteiger partial charge < -0.3 is 4.74 Å². The molecule has 0 saturated carbocycles. The Hall–Kier alpha value is -3.89. The fraction of sp³-hybridized carbons (Fsp3) is 0.0476. The van der Waals surface area contributed by atoms with Crippen molar-refractivity contribution in [1.82, 2.24) is 0 Å². The van der Waals surface area contributed by atoms with E-state index >= 15 is 0 Å². The van der Waals surface area contributed by atoms with E-state index in [2.05, 4.69) is 10.0 Å². The Morgan fingerprint density at radius 1 is 0.852 bits per heavy atom. The molecule has 0 N–H and O–H groups in total. The van der Waals surface area contributed by atoms with Gasteiger partial charge in [-0.2, -0.15) is 0 Å². The van der Waals surface area contributed by atoms with E-state index in [9.17, 15) is 9.59 Å². The number of hydrogen-bond acceptors (Lipinski definition) is 4. The molecule has 6 heteroatoms. The van der Waals surface area contributed by atoms with Gasteiger partial charge in [0.15, 0.2) is 6.10 Å². The minimum Gasteiger partial charge on any atom is -0.445 e. The molecule has 3 rings (SSSR count). The molecule has 0 heterocycles. The molecule has 0 bridgehead atoms. The maximum atomic E-state index is 12.9. The molecule has 0 aliphatic rings. The number of carbonyl (C=O) groups excluding carboxylic acids is 2. The van der Waals surface area contributed by atoms with E-state index in [4.69, 9.17) is 10.3 Å². The van der Waals surface area contributed by atoms with E-state index in [1.54, 1.807) is 60.7 Å². The van der Waals surface area contributed by atoms with Crippen LogP contribution in [0.4, 0.5) is 5.69 Å². The van der Waals surface area contributed by atoms with E-state index < -0.39 is 12.1 Å². The Morgan fingerprint density at radius 3 is 2.15 bits per heavy atom. The number of carbonyl (C=O) groups is 2. The van der Waals surface area contributed by atoms with Crippen molar-refractivity contribution in [2.45, 2.75) is 6.10 Å². The summed E-state index contributed by atoms with van der Waals surface area (Å²) in [5.74, 6) is -0.996. The average Bonchev–Trinajstić information content (AvgIpc) is 2.73. The Bertz CT molecular complexity index is 997. The molecular formula is C21H15N3O3. The van der Waals surface area contributed by atoms with Crippen molar-refractivity contribution < 1.29 is 14.3 Å². The van der Waals surface area contributed by atoms with Crippen molar-refractivity contribution in [3.8, 4) is 0 Å². The molecule has 0 fully saturated rings. The molecule has 0 aliphatic carbocycles. The molecule has 6 nitrogen and oxygen atoms in total. The molecule has 132 valence electrons. The standard InChI is InChI=1S/C21H15N3O3/c22-24-23-18-13-7-12-17(14-18)21(26)27-20(16-10-5-2-6-11-16)19(25)15-8-3-1-4-9-15/h1-14,20H. The third kappa shape index (κ3) is 4.39. The first-order valence-electron chi connectivity index (χ1n) is 8.19. The average molecular weight is 357 g/mol. The van der Waals surface area contributed by atoms with Gasteiger partial charge in [-0.25, -0.2) is 4.79 Å². The van der Waals surface area contributed by atoms with E-state index in [1.165, 1.54) is 12.1 Å². The molecule has 0 amide bonds. The monoisotopic (exact) mass is 357 g/mol. The van der Waals surface area contributed by atoms with Crippen LogP contribution in [0.25, 0.3) is 10.4 Å². The Labute approximate surface area is 155 Å². The lowest BCUT2D eigenvalue weighted by molar-refractivity contribution is 0.0280. The van der Waals surface area contributed by atoms with Gasteiger partial charge in [0.1, 0.15) is 0 Å². The summed E-state index contributed by atoms with van der Waals surface area (Å²) in [6.45, 7) is 0. The van der Waals surface area contributed by atoms with Crippen molar-refractivity contribution in [3.63, 3.8) is 0 Å². The van der Waals surface area contributed by atoms with E-state index in [0.29, 0.717) is 11.1 Å². The second-order valence-corrected chi connectivity index (χ2v) is 5.67. The van der Waals surface area contributed by atoms with Crippen molar-refractivity contribution in [1.29, 1.82) is 0 Å². The molecule has 0 aliphatic heterocycles. The molecular weight excluding hydrogens is 342 g/mol. The predicted molar refractivity (Wildman–Crippen MR) is 101 cm³/mol. The quantitative estimate of drug-likeness (QED) is 0.194. The lowest BCUT2D eigenvalue weighted by Gasteiger charge is -2.17. The van der Waals surface area contributed by atoms with Crippen molar-refractivity contribution in [3.05, 3.63) is 112 Å². The second-order valence-electron chi connectivity index (χ2n) is 5.67. The van der Waals surface area contributed by atoms with Crippen molar-refractivity contribution >= 4 is 17.4 Å². The predicted octanol–water partition coefficient (Wildman–Crippen LogP) is 5.41. The smallest absolute Gasteiger partial charge is 0.339 e. The number of ether oxygens (including phenoxy) is 1. The van der Waals surface area contributed by atoms with Gasteiger partial charge in [-0.15, -0.1) is 0 Å². The topological polar surface area (TPSA) is 92.1 Å². The van der Waals surface area contributed by atoms with Crippen LogP contribution in [-0.4, -0.2) is 11.8 Å². The molecule has 3 aromatic rings. The summed E-state index contributed by atoms with van der Waals surface area (Å²) in [5, 5.41) is 3.48. The number of esters is 1. The van der Waals surface area contributed by atoms with Crippen LogP contribution in [0.2, 0.25) is 0 Å². The highest BCUT2D eigenvalue weighted by Crippen LogP contribution is 2.25. The molecule has 3 aromatic carbocycles. The molecule has 0 saturated heterocycles. The third-order valence-electron chi connectivity index (χ3n) is 3.87. The second kappa shape index (κ2) is 8.47. The van der Waals surface area contributed by atoms with Gasteiger partial charge in [0.2, 0.25) is 5.78 Å². The van der Waals surface area contributed by atoms with Gasteiger partial charge in [-0.3, -0.25) is 4.79 Å². The van der Waals surface area contributed by atoms with Crippen LogP contribution in [0.15, 0.2) is 90.0 Å². The number of azide groups is 1. The molecule has 0 spiro atoms. The molecule has 0 aromatic heterocycles. The van der Waals surface area contributed by atoms with Crippen LogP contribution in [-0.2, 0) is 4.74 Å². The van der Waals surface area contributed by atoms with Gasteiger partial charge >= 0.3 is 5.97 Å². The fourth-order valence-corrected chi connectivity index (χ4v) is 2.58. The van der Waals surface area contributed by atoms with Gasteiger partial charge in [-0.1, -0.05) is 77.9 Å². The summed E-state index contributed by atoms with van der Waals surface area (Å²) in [5.41, 5.74) is 10.0. The van der Waals surface area contributed by atoms with E-state index in [-0.39, 0.29) is 17.0 Å². The van der Waals surface area contributed by atoms with Gasteiger partial charge in [0, 0.05) is 21.7 Å². The zero-order chi connectivity index (χ0) is 19.1. The normalized spacial score (nSPS) is 11.1. The Morgan fingerprint density at radius 2 is 1.48 bits per heavy atom. The van der Waals surface area contributed by atoms with Crippen LogP contribution in [0.1, 0.15) is 32.4 Å². The molecule has 1 unspecified atom stereocenters. The molecule has 1 atom stereocenters. The maximum absolute atomic E-state index is 12.9. The first kappa shape index (κ1) is 17.9. The van der Waals surface area contributed by atoms with Gasteiger partial charge in [0.05, 0.1) is 5.56 Å². The summed E-state index contributed by atoms with van der Waals surface area (Å²) in [4.78, 5) is 28.3. The summed E-state index contributed by atoms with van der Waals surface area (Å²) < 4.78 is 5.55. The van der Waals surface area contributed by atoms with E-state index in [1.807, 2.05) is 12.1 Å². The van der Waals surface area contributed by atoms with Crippen LogP contribution < -0.4 is 0 Å². The minimum atomic E-state index is -1.08. The number of Topliss-reactive ketones (excluding diaryl/α,β-unsaturated/α-hetero) is 1. The van der Waals surface area contributed by atoms with Crippen LogP contribution in [0.5, 0.6) is 0 Å². The fourth-order valence-electron chi connectivity index (χ4n) is 2.58. The highest BCUT2D eigenvalue weighted by Gasteiger charge is 2.26. The summed E-state index contributed by atoms with van der Waals surface area (Å²) in [6.07, 6.45) is -1.08. The summed E-state index contributed by atoms with van der Waals surface area (Å²) in [7, 11) is 0. The van der Waals surface area contributed by atoms with Gasteiger partial charge in [-0.05, 0) is 17.7 Å². The summed E-state index contributed by atoms with van der Waals surface area (Å²) in [6, 6.07) is 23.6. The largest absolute Gasteiger partial charge is 0.445 e. The summed E-state index contributed by atoms with van der Waals surface area (Å²) >= 11 is 0. The number of nitrogens with zero attached hydrogens (tertiary/aromatic N) is 3.